The van der Waals surface area contributed by atoms with Crippen LogP contribution in [0.15, 0.2) is 48.5 Å². The van der Waals surface area contributed by atoms with E-state index in [-0.39, 0.29) is 23.7 Å². The van der Waals surface area contributed by atoms with Crippen LogP contribution in [0, 0.1) is 12.8 Å². The van der Waals surface area contributed by atoms with Crippen LogP contribution in [-0.4, -0.2) is 43.0 Å². The second-order valence-corrected chi connectivity index (χ2v) is 7.76. The molecule has 1 aliphatic carbocycles. The van der Waals surface area contributed by atoms with E-state index in [1.807, 2.05) is 60.4 Å². The number of carbonyl (C=O) groups excluding carboxylic acids is 2. The van der Waals surface area contributed by atoms with Crippen LogP contribution in [0.3, 0.4) is 0 Å². The Hall–Kier alpha value is -2.82. The van der Waals surface area contributed by atoms with Gasteiger partial charge in [-0.25, -0.2) is 0 Å². The molecule has 28 heavy (non-hydrogen) atoms. The SMILES string of the molecule is COc1ccccc1[C@@H]1CN(C(=O)c2ccccc2C)C[C@H]1C(=O)NC1CC1. The van der Waals surface area contributed by atoms with Crippen molar-refractivity contribution < 1.29 is 14.3 Å². The number of likely N-dealkylation sites (tertiary alicyclic amines) is 1. The van der Waals surface area contributed by atoms with E-state index in [1.165, 1.54) is 0 Å². The molecule has 0 bridgehead atoms. The number of ether oxygens (including phenoxy) is 1. The van der Waals surface area contributed by atoms with Crippen molar-refractivity contribution in [3.05, 3.63) is 65.2 Å². The predicted octanol–water partition coefficient (Wildman–Crippen LogP) is 3.14. The standard InChI is InChI=1S/C23H26N2O3/c1-15-7-3-4-8-17(15)23(27)25-13-19(18-9-5-6-10-21(18)28-2)20(14-25)22(26)24-16-11-12-16/h3-10,16,19-20H,11-14H2,1-2H3,(H,24,26)/t19-,20+/m0/s1. The number of hydrogen-bond acceptors (Lipinski definition) is 3. The zero-order valence-electron chi connectivity index (χ0n) is 16.4. The summed E-state index contributed by atoms with van der Waals surface area (Å²) in [6.07, 6.45) is 2.09. The summed E-state index contributed by atoms with van der Waals surface area (Å²) in [6, 6.07) is 15.7. The van der Waals surface area contributed by atoms with Crippen LogP contribution in [0.25, 0.3) is 0 Å². The first-order valence-electron chi connectivity index (χ1n) is 9.86. The summed E-state index contributed by atoms with van der Waals surface area (Å²) < 4.78 is 5.54. The normalized spacial score (nSPS) is 21.4. The summed E-state index contributed by atoms with van der Waals surface area (Å²) in [5, 5.41) is 3.13. The van der Waals surface area contributed by atoms with E-state index in [0.717, 1.165) is 29.7 Å². The first-order chi connectivity index (χ1) is 13.6. The molecule has 0 radical (unpaired) electrons. The largest absolute Gasteiger partial charge is 0.496 e. The number of aryl methyl sites for hydroxylation is 1. The molecule has 1 heterocycles. The maximum atomic E-state index is 13.2. The Kier molecular flexibility index (Phi) is 5.07. The van der Waals surface area contributed by atoms with Crippen molar-refractivity contribution in [2.75, 3.05) is 20.2 Å². The summed E-state index contributed by atoms with van der Waals surface area (Å²) in [5.41, 5.74) is 2.64. The number of methoxy groups -OCH3 is 1. The minimum atomic E-state index is -0.273. The highest BCUT2D eigenvalue weighted by molar-refractivity contribution is 5.96. The summed E-state index contributed by atoms with van der Waals surface area (Å²) in [7, 11) is 1.64. The number of rotatable bonds is 5. The third-order valence-electron chi connectivity index (χ3n) is 5.78. The Morgan fingerprint density at radius 3 is 2.46 bits per heavy atom. The van der Waals surface area contributed by atoms with Crippen molar-refractivity contribution in [2.24, 2.45) is 5.92 Å². The molecule has 1 aliphatic heterocycles. The molecule has 146 valence electrons. The molecule has 2 atom stereocenters. The molecule has 0 unspecified atom stereocenters. The average Bonchev–Trinajstić information content (AvgIpc) is 3.41. The number of para-hydroxylation sites is 1. The lowest BCUT2D eigenvalue weighted by Gasteiger charge is -2.20. The molecule has 2 amide bonds. The lowest BCUT2D eigenvalue weighted by molar-refractivity contribution is -0.125. The molecule has 5 nitrogen and oxygen atoms in total. The summed E-state index contributed by atoms with van der Waals surface area (Å²) in [5.74, 6) is 0.438. The lowest BCUT2D eigenvalue weighted by atomic mass is 9.87. The number of carbonyl (C=O) groups is 2. The second kappa shape index (κ2) is 7.66. The van der Waals surface area contributed by atoms with Crippen molar-refractivity contribution in [3.8, 4) is 5.75 Å². The third-order valence-corrected chi connectivity index (χ3v) is 5.78. The van der Waals surface area contributed by atoms with Crippen LogP contribution < -0.4 is 10.1 Å². The lowest BCUT2D eigenvalue weighted by Crippen LogP contribution is -2.36. The molecule has 4 rings (SSSR count). The van der Waals surface area contributed by atoms with Crippen molar-refractivity contribution >= 4 is 11.8 Å². The van der Waals surface area contributed by atoms with Gasteiger partial charge >= 0.3 is 0 Å². The maximum Gasteiger partial charge on any atom is 0.254 e. The van der Waals surface area contributed by atoms with Gasteiger partial charge in [-0.2, -0.15) is 0 Å². The molecule has 1 saturated carbocycles. The van der Waals surface area contributed by atoms with E-state index < -0.39 is 0 Å². The highest BCUT2D eigenvalue weighted by atomic mass is 16.5. The van der Waals surface area contributed by atoms with Crippen LogP contribution in [0.2, 0.25) is 0 Å². The van der Waals surface area contributed by atoms with Gasteiger partial charge in [0, 0.05) is 30.6 Å². The van der Waals surface area contributed by atoms with E-state index in [4.69, 9.17) is 4.74 Å². The van der Waals surface area contributed by atoms with E-state index in [1.54, 1.807) is 7.11 Å². The molecular formula is C23H26N2O3. The monoisotopic (exact) mass is 378 g/mol. The zero-order chi connectivity index (χ0) is 19.7. The van der Waals surface area contributed by atoms with Gasteiger partial charge in [0.05, 0.1) is 13.0 Å². The molecule has 2 fully saturated rings. The van der Waals surface area contributed by atoms with Crippen LogP contribution in [-0.2, 0) is 4.79 Å². The van der Waals surface area contributed by atoms with Gasteiger partial charge in [-0.05, 0) is 43.0 Å². The minimum absolute atomic E-state index is 0.0141. The van der Waals surface area contributed by atoms with Gasteiger partial charge in [-0.15, -0.1) is 0 Å². The summed E-state index contributed by atoms with van der Waals surface area (Å²) in [4.78, 5) is 27.9. The van der Waals surface area contributed by atoms with E-state index in [9.17, 15) is 9.59 Å². The van der Waals surface area contributed by atoms with Gasteiger partial charge in [-0.3, -0.25) is 9.59 Å². The van der Waals surface area contributed by atoms with E-state index in [2.05, 4.69) is 5.32 Å². The van der Waals surface area contributed by atoms with Gasteiger partial charge in [0.15, 0.2) is 0 Å². The van der Waals surface area contributed by atoms with Crippen molar-refractivity contribution in [2.45, 2.75) is 31.7 Å². The number of nitrogens with zero attached hydrogens (tertiary/aromatic N) is 1. The Bertz CT molecular complexity index is 891. The number of benzene rings is 2. The van der Waals surface area contributed by atoms with Gasteiger partial charge in [0.1, 0.15) is 5.75 Å². The fourth-order valence-electron chi connectivity index (χ4n) is 4.04. The zero-order valence-corrected chi connectivity index (χ0v) is 16.4. The van der Waals surface area contributed by atoms with Crippen LogP contribution in [0.4, 0.5) is 0 Å². The number of nitrogens with one attached hydrogen (secondary N) is 1. The van der Waals surface area contributed by atoms with Gasteiger partial charge in [-0.1, -0.05) is 36.4 Å². The molecule has 0 spiro atoms. The van der Waals surface area contributed by atoms with Crippen LogP contribution in [0.1, 0.15) is 40.2 Å². The fourth-order valence-corrected chi connectivity index (χ4v) is 4.04. The molecule has 5 heteroatoms. The average molecular weight is 378 g/mol. The molecule has 2 aliphatic rings. The Morgan fingerprint density at radius 1 is 1.04 bits per heavy atom. The molecule has 1 N–H and O–H groups in total. The van der Waals surface area contributed by atoms with E-state index in [0.29, 0.717) is 24.7 Å². The van der Waals surface area contributed by atoms with Gasteiger partial charge < -0.3 is 15.0 Å². The van der Waals surface area contributed by atoms with Crippen molar-refractivity contribution in [1.82, 2.24) is 10.2 Å². The van der Waals surface area contributed by atoms with Gasteiger partial charge in [0.25, 0.3) is 5.91 Å². The smallest absolute Gasteiger partial charge is 0.254 e. The number of amides is 2. The van der Waals surface area contributed by atoms with E-state index >= 15 is 0 Å². The second-order valence-electron chi connectivity index (χ2n) is 7.76. The first kappa shape index (κ1) is 18.5. The Balaban J connectivity index is 1.63. The molecule has 2 aromatic rings. The fraction of sp³-hybridized carbons (Fsp3) is 0.391. The highest BCUT2D eigenvalue weighted by Gasteiger charge is 2.43. The highest BCUT2D eigenvalue weighted by Crippen LogP contribution is 2.38. The van der Waals surface area contributed by atoms with Gasteiger partial charge in [0.2, 0.25) is 5.91 Å². The molecule has 0 aromatic heterocycles. The quantitative estimate of drug-likeness (QED) is 0.870. The Labute approximate surface area is 165 Å². The van der Waals surface area contributed by atoms with Crippen molar-refractivity contribution in [3.63, 3.8) is 0 Å². The predicted molar refractivity (Wildman–Crippen MR) is 107 cm³/mol. The minimum Gasteiger partial charge on any atom is -0.496 e. The number of hydrogen-bond donors (Lipinski definition) is 1. The summed E-state index contributed by atoms with van der Waals surface area (Å²) in [6.45, 7) is 2.88. The summed E-state index contributed by atoms with van der Waals surface area (Å²) >= 11 is 0. The third kappa shape index (κ3) is 3.61. The molecular weight excluding hydrogens is 352 g/mol. The molecule has 2 aromatic carbocycles. The van der Waals surface area contributed by atoms with Crippen LogP contribution in [0.5, 0.6) is 5.75 Å². The van der Waals surface area contributed by atoms with Crippen LogP contribution >= 0.6 is 0 Å². The topological polar surface area (TPSA) is 58.6 Å². The maximum absolute atomic E-state index is 13.2. The first-order valence-corrected chi connectivity index (χ1v) is 9.86. The Morgan fingerprint density at radius 2 is 1.75 bits per heavy atom. The molecule has 1 saturated heterocycles. The van der Waals surface area contributed by atoms with Crippen molar-refractivity contribution in [1.29, 1.82) is 0 Å².